The number of rotatable bonds is 5. The Morgan fingerprint density at radius 3 is 2.59 bits per heavy atom. The van der Waals surface area contributed by atoms with E-state index in [2.05, 4.69) is 5.32 Å². The third-order valence-electron chi connectivity index (χ3n) is 3.71. The zero-order valence-corrected chi connectivity index (χ0v) is 12.8. The lowest BCUT2D eigenvalue weighted by Gasteiger charge is -2.26. The number of carbonyl (C=O) groups excluding carboxylic acids is 1. The number of nitrogens with one attached hydrogen (secondary N) is 1. The van der Waals surface area contributed by atoms with E-state index in [0.717, 1.165) is 43.7 Å². The number of hydrogen-bond acceptors (Lipinski definition) is 4. The van der Waals surface area contributed by atoms with E-state index in [4.69, 9.17) is 4.74 Å². The Morgan fingerprint density at radius 1 is 1.32 bits per heavy atom. The number of benzene rings is 1. The van der Waals surface area contributed by atoms with Crippen LogP contribution in [0.15, 0.2) is 36.0 Å². The third kappa shape index (κ3) is 4.26. The first-order valence-corrected chi connectivity index (χ1v) is 7.50. The van der Waals surface area contributed by atoms with Crippen molar-refractivity contribution in [1.29, 1.82) is 5.26 Å². The standard InChI is InChI=1S/C17H21N3O2/c1-22-16-7-5-14(6-8-16)12-19-13-15(11-18)17(21)20-9-3-2-4-10-20/h5-8,13,19H,2-4,9-10,12H2,1H3/b15-13-. The highest BCUT2D eigenvalue weighted by Gasteiger charge is 2.19. The summed E-state index contributed by atoms with van der Waals surface area (Å²) in [5, 5.41) is 12.2. The maximum absolute atomic E-state index is 12.2. The van der Waals surface area contributed by atoms with Gasteiger partial charge in [0.2, 0.25) is 0 Å². The van der Waals surface area contributed by atoms with E-state index in [1.165, 1.54) is 6.20 Å². The molecule has 1 N–H and O–H groups in total. The first-order valence-electron chi connectivity index (χ1n) is 7.50. The first kappa shape index (κ1) is 15.9. The quantitative estimate of drug-likeness (QED) is 0.668. The molecule has 1 aromatic carbocycles. The molecular weight excluding hydrogens is 278 g/mol. The van der Waals surface area contributed by atoms with E-state index in [1.54, 1.807) is 12.0 Å². The molecule has 22 heavy (non-hydrogen) atoms. The van der Waals surface area contributed by atoms with Crippen LogP contribution < -0.4 is 10.1 Å². The summed E-state index contributed by atoms with van der Waals surface area (Å²) in [4.78, 5) is 14.0. The van der Waals surface area contributed by atoms with Gasteiger partial charge in [-0.05, 0) is 37.0 Å². The highest BCUT2D eigenvalue weighted by Crippen LogP contribution is 2.12. The average Bonchev–Trinajstić information content (AvgIpc) is 2.59. The van der Waals surface area contributed by atoms with Crippen LogP contribution in [0.2, 0.25) is 0 Å². The normalized spacial score (nSPS) is 15.1. The molecule has 1 heterocycles. The second-order valence-corrected chi connectivity index (χ2v) is 5.25. The van der Waals surface area contributed by atoms with Gasteiger partial charge >= 0.3 is 0 Å². The second-order valence-electron chi connectivity index (χ2n) is 5.25. The van der Waals surface area contributed by atoms with Crippen molar-refractivity contribution in [2.24, 2.45) is 0 Å². The summed E-state index contributed by atoms with van der Waals surface area (Å²) in [6.07, 6.45) is 4.71. The van der Waals surface area contributed by atoms with Crippen LogP contribution in [0.3, 0.4) is 0 Å². The van der Waals surface area contributed by atoms with Gasteiger partial charge in [-0.25, -0.2) is 0 Å². The molecule has 0 bridgehead atoms. The molecule has 1 aliphatic heterocycles. The van der Waals surface area contributed by atoms with Crippen LogP contribution in [0, 0.1) is 11.3 Å². The predicted octanol–water partition coefficient (Wildman–Crippen LogP) is 2.20. The maximum atomic E-state index is 12.2. The van der Waals surface area contributed by atoms with Crippen molar-refractivity contribution in [3.8, 4) is 11.8 Å². The van der Waals surface area contributed by atoms with Crippen LogP contribution in [0.5, 0.6) is 5.75 Å². The van der Waals surface area contributed by atoms with Crippen LogP contribution >= 0.6 is 0 Å². The number of methoxy groups -OCH3 is 1. The molecule has 116 valence electrons. The first-order chi connectivity index (χ1) is 10.7. The van der Waals surface area contributed by atoms with E-state index >= 15 is 0 Å². The smallest absolute Gasteiger partial charge is 0.265 e. The van der Waals surface area contributed by atoms with Crippen molar-refractivity contribution >= 4 is 5.91 Å². The van der Waals surface area contributed by atoms with Crippen molar-refractivity contribution in [2.45, 2.75) is 25.8 Å². The van der Waals surface area contributed by atoms with Gasteiger partial charge in [-0.2, -0.15) is 5.26 Å². The lowest BCUT2D eigenvalue weighted by Crippen LogP contribution is -2.36. The van der Waals surface area contributed by atoms with Crippen molar-refractivity contribution in [3.05, 3.63) is 41.6 Å². The minimum absolute atomic E-state index is 0.162. The van der Waals surface area contributed by atoms with Crippen LogP contribution in [-0.4, -0.2) is 31.0 Å². The molecule has 0 aliphatic carbocycles. The van der Waals surface area contributed by atoms with Crippen LogP contribution in [0.25, 0.3) is 0 Å². The Balaban J connectivity index is 1.91. The van der Waals surface area contributed by atoms with E-state index in [9.17, 15) is 10.1 Å². The number of nitrogens with zero attached hydrogens (tertiary/aromatic N) is 2. The summed E-state index contributed by atoms with van der Waals surface area (Å²) in [6.45, 7) is 2.05. The lowest BCUT2D eigenvalue weighted by atomic mass is 10.1. The molecule has 0 saturated carbocycles. The zero-order valence-electron chi connectivity index (χ0n) is 12.8. The molecule has 1 amide bonds. The number of ether oxygens (including phenoxy) is 1. The monoisotopic (exact) mass is 299 g/mol. The molecule has 0 atom stereocenters. The van der Waals surface area contributed by atoms with Gasteiger partial charge < -0.3 is 15.0 Å². The van der Waals surface area contributed by atoms with Gasteiger partial charge in [-0.1, -0.05) is 12.1 Å². The number of carbonyl (C=O) groups is 1. The minimum atomic E-state index is -0.176. The van der Waals surface area contributed by atoms with Crippen molar-refractivity contribution in [3.63, 3.8) is 0 Å². The summed E-state index contributed by atoms with van der Waals surface area (Å²) in [5.74, 6) is 0.627. The average molecular weight is 299 g/mol. The number of amides is 1. The fourth-order valence-electron chi connectivity index (χ4n) is 2.42. The summed E-state index contributed by atoms with van der Waals surface area (Å²) in [7, 11) is 1.63. The van der Waals surface area contributed by atoms with Gasteiger partial charge in [0.25, 0.3) is 5.91 Å². The summed E-state index contributed by atoms with van der Waals surface area (Å²) in [5.41, 5.74) is 1.22. The topological polar surface area (TPSA) is 65.4 Å². The molecule has 2 rings (SSSR count). The van der Waals surface area contributed by atoms with Gasteiger partial charge in [0.15, 0.2) is 0 Å². The van der Waals surface area contributed by atoms with Gasteiger partial charge in [0.1, 0.15) is 17.4 Å². The summed E-state index contributed by atoms with van der Waals surface area (Å²) >= 11 is 0. The second kappa shape index (κ2) is 8.08. The number of hydrogen-bond donors (Lipinski definition) is 1. The molecule has 0 spiro atoms. The highest BCUT2D eigenvalue weighted by atomic mass is 16.5. The maximum Gasteiger partial charge on any atom is 0.265 e. The van der Waals surface area contributed by atoms with Gasteiger partial charge in [-0.15, -0.1) is 0 Å². The minimum Gasteiger partial charge on any atom is -0.497 e. The Morgan fingerprint density at radius 2 is 2.00 bits per heavy atom. The van der Waals surface area contributed by atoms with Crippen LogP contribution in [0.1, 0.15) is 24.8 Å². The molecule has 0 unspecified atom stereocenters. The van der Waals surface area contributed by atoms with Crippen LogP contribution in [0.4, 0.5) is 0 Å². The van der Waals surface area contributed by atoms with Crippen molar-refractivity contribution in [1.82, 2.24) is 10.2 Å². The molecule has 1 fully saturated rings. The molecular formula is C17H21N3O2. The van der Waals surface area contributed by atoms with E-state index < -0.39 is 0 Å². The zero-order chi connectivity index (χ0) is 15.8. The van der Waals surface area contributed by atoms with Crippen molar-refractivity contribution < 1.29 is 9.53 Å². The van der Waals surface area contributed by atoms with Gasteiger partial charge in [0, 0.05) is 25.8 Å². The van der Waals surface area contributed by atoms with Gasteiger partial charge in [-0.3, -0.25) is 4.79 Å². The lowest BCUT2D eigenvalue weighted by molar-refractivity contribution is -0.127. The molecule has 1 aromatic rings. The largest absolute Gasteiger partial charge is 0.497 e. The molecule has 0 radical (unpaired) electrons. The summed E-state index contributed by atoms with van der Waals surface area (Å²) < 4.78 is 5.10. The molecule has 1 saturated heterocycles. The Bertz CT molecular complexity index is 567. The van der Waals surface area contributed by atoms with E-state index in [-0.39, 0.29) is 11.5 Å². The molecule has 5 nitrogen and oxygen atoms in total. The Kier molecular flexibility index (Phi) is 5.84. The fraction of sp³-hybridized carbons (Fsp3) is 0.412. The Labute approximate surface area is 131 Å². The molecule has 0 aromatic heterocycles. The van der Waals surface area contributed by atoms with Gasteiger partial charge in [0.05, 0.1) is 7.11 Å². The van der Waals surface area contributed by atoms with Crippen LogP contribution in [-0.2, 0) is 11.3 Å². The fourth-order valence-corrected chi connectivity index (χ4v) is 2.42. The predicted molar refractivity (Wildman–Crippen MR) is 84.0 cm³/mol. The van der Waals surface area contributed by atoms with E-state index in [0.29, 0.717) is 6.54 Å². The number of piperidine rings is 1. The summed E-state index contributed by atoms with van der Waals surface area (Å²) in [6, 6.07) is 9.64. The molecule has 1 aliphatic rings. The third-order valence-corrected chi connectivity index (χ3v) is 3.71. The van der Waals surface area contributed by atoms with Crippen molar-refractivity contribution in [2.75, 3.05) is 20.2 Å². The SMILES string of the molecule is COc1ccc(CN/C=C(/C#N)C(=O)N2CCCCC2)cc1. The highest BCUT2D eigenvalue weighted by molar-refractivity contribution is 5.97. The molecule has 5 heteroatoms. The van der Waals surface area contributed by atoms with E-state index in [1.807, 2.05) is 30.3 Å². The number of likely N-dealkylation sites (tertiary alicyclic amines) is 1. The Hall–Kier alpha value is -2.48. The number of nitriles is 1.